The molecule has 6 aromatic heterocycles. The largest absolute Gasteiger partial charge is 0.337 e. The highest BCUT2D eigenvalue weighted by atomic mass is 16.2. The van der Waals surface area contributed by atoms with Crippen LogP contribution < -0.4 is 16.0 Å². The van der Waals surface area contributed by atoms with E-state index in [2.05, 4.69) is 51.0 Å². The lowest BCUT2D eigenvalue weighted by molar-refractivity contribution is -0.127. The summed E-state index contributed by atoms with van der Waals surface area (Å²) in [5, 5.41) is 21.0. The van der Waals surface area contributed by atoms with Crippen molar-refractivity contribution in [2.75, 3.05) is 39.3 Å². The van der Waals surface area contributed by atoms with Gasteiger partial charge in [-0.3, -0.25) is 28.8 Å². The molecular formula is C48H48N12O6. The van der Waals surface area contributed by atoms with Crippen molar-refractivity contribution in [3.05, 3.63) is 145 Å². The third-order valence-corrected chi connectivity index (χ3v) is 13.9. The fourth-order valence-electron chi connectivity index (χ4n) is 10.4. The number of likely N-dealkylation sites (tertiary alicyclic amines) is 3. The highest BCUT2D eigenvalue weighted by Crippen LogP contribution is 2.43. The number of hydrogen-bond acceptors (Lipinski definition) is 9. The maximum atomic E-state index is 12.8. The first-order chi connectivity index (χ1) is 31.8. The molecule has 66 heavy (non-hydrogen) atoms. The molecule has 3 unspecified atom stereocenters. The minimum atomic E-state index is -0.490. The SMILES string of the molecule is C=C1CC2(CCN(C(=O)c3cnn4ccccc34)C2)C(=O)N1.C=C1CC2(CCN(C(=O)c3cnn4ccccc34)C2)C(=O)N1.C=C1CC2(CCN(C(=O)c3cnn4ccccc34)C2)C(=O)N1. The van der Waals surface area contributed by atoms with Crippen LogP contribution in [0.3, 0.4) is 0 Å². The van der Waals surface area contributed by atoms with Gasteiger partial charge in [0, 0.05) is 94.2 Å². The van der Waals surface area contributed by atoms with Crippen LogP contribution in [0.2, 0.25) is 0 Å². The molecule has 6 fully saturated rings. The summed E-state index contributed by atoms with van der Waals surface area (Å²) in [5.41, 5.74) is 4.86. The van der Waals surface area contributed by atoms with Gasteiger partial charge in [0.05, 0.1) is 68.1 Å². The molecule has 6 aliphatic heterocycles. The summed E-state index contributed by atoms with van der Waals surface area (Å²) in [6.07, 6.45) is 14.1. The zero-order valence-electron chi connectivity index (χ0n) is 36.2. The predicted octanol–water partition coefficient (Wildman–Crippen LogP) is 3.60. The lowest BCUT2D eigenvalue weighted by atomic mass is 9.85. The van der Waals surface area contributed by atoms with Gasteiger partial charge < -0.3 is 30.7 Å². The topological polar surface area (TPSA) is 200 Å². The molecule has 6 amide bonds. The molecule has 6 aromatic rings. The molecule has 18 nitrogen and oxygen atoms in total. The van der Waals surface area contributed by atoms with E-state index >= 15 is 0 Å². The second kappa shape index (κ2) is 16.0. The van der Waals surface area contributed by atoms with Crippen LogP contribution in [0.15, 0.2) is 129 Å². The number of pyridine rings is 3. The highest BCUT2D eigenvalue weighted by Gasteiger charge is 2.52. The van der Waals surface area contributed by atoms with Crippen molar-refractivity contribution in [1.29, 1.82) is 0 Å². The average Bonchev–Trinajstić information content (AvgIpc) is 4.18. The van der Waals surface area contributed by atoms with Crippen molar-refractivity contribution in [3.8, 4) is 0 Å². The predicted molar refractivity (Wildman–Crippen MR) is 240 cm³/mol. The van der Waals surface area contributed by atoms with Crippen LogP contribution >= 0.6 is 0 Å². The summed E-state index contributed by atoms with van der Waals surface area (Å²) in [6, 6.07) is 16.9. The molecule has 0 saturated carbocycles. The molecule has 3 atom stereocenters. The molecule has 6 saturated heterocycles. The summed E-state index contributed by atoms with van der Waals surface area (Å²) in [4.78, 5) is 80.0. The standard InChI is InChI=1S/3C16H16N4O2/c3*1-11-8-16(15(22)18-11)5-7-19(10-16)14(21)12-9-17-20-6-3-2-4-13(12)20/h3*2-4,6,9H,1,5,7-8,10H2,(H,18,22). The number of nitrogens with zero attached hydrogens (tertiary/aromatic N) is 9. The van der Waals surface area contributed by atoms with Gasteiger partial charge in [-0.2, -0.15) is 15.3 Å². The molecule has 12 rings (SSSR count). The Morgan fingerprint density at radius 3 is 1.02 bits per heavy atom. The van der Waals surface area contributed by atoms with E-state index in [1.807, 2.05) is 73.2 Å². The number of rotatable bonds is 3. The Balaban J connectivity index is 0.000000116. The third-order valence-electron chi connectivity index (χ3n) is 13.9. The van der Waals surface area contributed by atoms with Gasteiger partial charge >= 0.3 is 0 Å². The Hall–Kier alpha value is -7.89. The molecule has 3 spiro atoms. The third kappa shape index (κ3) is 7.18. The lowest BCUT2D eigenvalue weighted by Crippen LogP contribution is -2.36. The van der Waals surface area contributed by atoms with Crippen LogP contribution in [-0.2, 0) is 14.4 Å². The van der Waals surface area contributed by atoms with E-state index in [4.69, 9.17) is 0 Å². The zero-order valence-corrected chi connectivity index (χ0v) is 36.2. The number of aromatic nitrogens is 6. The number of carbonyl (C=O) groups is 6. The van der Waals surface area contributed by atoms with Crippen LogP contribution in [0.5, 0.6) is 0 Å². The summed E-state index contributed by atoms with van der Waals surface area (Å²) in [7, 11) is 0. The van der Waals surface area contributed by atoms with Crippen molar-refractivity contribution < 1.29 is 28.8 Å². The number of carbonyl (C=O) groups excluding carboxylic acids is 6. The Labute approximate surface area is 378 Å². The number of hydrogen-bond donors (Lipinski definition) is 3. The van der Waals surface area contributed by atoms with Crippen LogP contribution in [0, 0.1) is 16.2 Å². The second-order valence-electron chi connectivity index (χ2n) is 18.2. The Bertz CT molecular complexity index is 2750. The van der Waals surface area contributed by atoms with Gasteiger partial charge in [-0.25, -0.2) is 13.5 Å². The van der Waals surface area contributed by atoms with Gasteiger partial charge in [0.25, 0.3) is 17.7 Å². The van der Waals surface area contributed by atoms with Crippen molar-refractivity contribution >= 4 is 52.0 Å². The average molecular weight is 889 g/mol. The fraction of sp³-hybridized carbons (Fsp3) is 0.312. The number of amides is 6. The van der Waals surface area contributed by atoms with E-state index in [0.717, 1.165) is 33.6 Å². The van der Waals surface area contributed by atoms with Crippen LogP contribution in [0.1, 0.15) is 69.6 Å². The van der Waals surface area contributed by atoms with E-state index in [1.165, 1.54) is 0 Å². The lowest BCUT2D eigenvalue weighted by Gasteiger charge is -2.20. The van der Waals surface area contributed by atoms with Gasteiger partial charge in [0.1, 0.15) is 0 Å². The summed E-state index contributed by atoms with van der Waals surface area (Å²) < 4.78 is 5.05. The first kappa shape index (κ1) is 42.1. The molecule has 3 N–H and O–H groups in total. The molecule has 12 heterocycles. The van der Waals surface area contributed by atoms with E-state index in [0.29, 0.717) is 94.5 Å². The van der Waals surface area contributed by atoms with E-state index in [-0.39, 0.29) is 35.4 Å². The molecule has 0 aliphatic carbocycles. The number of nitrogens with one attached hydrogen (secondary N) is 3. The Morgan fingerprint density at radius 2 is 0.758 bits per heavy atom. The Morgan fingerprint density at radius 1 is 0.470 bits per heavy atom. The summed E-state index contributed by atoms with van der Waals surface area (Å²) >= 11 is 0. The maximum absolute atomic E-state index is 12.8. The molecule has 0 radical (unpaired) electrons. The normalized spacial score (nSPS) is 24.5. The Kier molecular flexibility index (Phi) is 10.2. The monoisotopic (exact) mass is 888 g/mol. The fourth-order valence-corrected chi connectivity index (χ4v) is 10.4. The first-order valence-corrected chi connectivity index (χ1v) is 21.9. The quantitative estimate of drug-likeness (QED) is 0.238. The van der Waals surface area contributed by atoms with Crippen LogP contribution in [0.25, 0.3) is 16.6 Å². The van der Waals surface area contributed by atoms with Crippen molar-refractivity contribution in [2.45, 2.75) is 38.5 Å². The highest BCUT2D eigenvalue weighted by molar-refractivity contribution is 6.03. The number of allylic oxidation sites excluding steroid dienone is 3. The van der Waals surface area contributed by atoms with Crippen LogP contribution in [0.4, 0.5) is 0 Å². The van der Waals surface area contributed by atoms with Crippen molar-refractivity contribution in [1.82, 2.24) is 59.5 Å². The maximum Gasteiger partial charge on any atom is 0.257 e. The van der Waals surface area contributed by atoms with Gasteiger partial charge in [0.2, 0.25) is 17.7 Å². The minimum Gasteiger partial charge on any atom is -0.337 e. The van der Waals surface area contributed by atoms with E-state index < -0.39 is 16.2 Å². The molecule has 6 aliphatic rings. The first-order valence-electron chi connectivity index (χ1n) is 21.9. The second-order valence-corrected chi connectivity index (χ2v) is 18.2. The van der Waals surface area contributed by atoms with Gasteiger partial charge in [0.15, 0.2) is 0 Å². The van der Waals surface area contributed by atoms with Gasteiger partial charge in [-0.05, 0) is 55.7 Å². The molecule has 336 valence electrons. The van der Waals surface area contributed by atoms with Crippen molar-refractivity contribution in [3.63, 3.8) is 0 Å². The smallest absolute Gasteiger partial charge is 0.257 e. The summed E-state index contributed by atoms with van der Waals surface area (Å²) in [6.45, 7) is 14.6. The molecular weight excluding hydrogens is 841 g/mol. The molecule has 18 heteroatoms. The molecule has 0 aromatic carbocycles. The number of fused-ring (bicyclic) bond motifs is 3. The van der Waals surface area contributed by atoms with Gasteiger partial charge in [-0.15, -0.1) is 0 Å². The summed E-state index contributed by atoms with van der Waals surface area (Å²) in [5.74, 6) is -0.219. The van der Waals surface area contributed by atoms with Crippen molar-refractivity contribution in [2.24, 2.45) is 16.2 Å². The zero-order chi connectivity index (χ0) is 46.0. The van der Waals surface area contributed by atoms with Crippen LogP contribution in [-0.4, -0.2) is 118 Å². The molecule has 0 bridgehead atoms. The van der Waals surface area contributed by atoms with E-state index in [9.17, 15) is 28.8 Å². The van der Waals surface area contributed by atoms with E-state index in [1.54, 1.807) is 46.8 Å². The van der Waals surface area contributed by atoms with Gasteiger partial charge in [-0.1, -0.05) is 37.9 Å². The minimum absolute atomic E-state index is 0.00679.